The van der Waals surface area contributed by atoms with E-state index in [9.17, 15) is 9.90 Å². The van der Waals surface area contributed by atoms with Crippen LogP contribution in [0.1, 0.15) is 29.3 Å². The van der Waals surface area contributed by atoms with Crippen LogP contribution in [0.25, 0.3) is 0 Å². The Hall–Kier alpha value is -0.710. The molecule has 1 atom stereocenters. The molecule has 0 spiro atoms. The second kappa shape index (κ2) is 7.58. The molecule has 0 aliphatic heterocycles. The monoisotopic (exact) mass is 300 g/mol. The molecule has 0 saturated carbocycles. The molecular weight excluding hydrogens is 284 g/mol. The van der Waals surface area contributed by atoms with Gasteiger partial charge in [0.1, 0.15) is 0 Å². The predicted octanol–water partition coefficient (Wildman–Crippen LogP) is 2.55. The van der Waals surface area contributed by atoms with Crippen LogP contribution < -0.4 is 0 Å². The number of hydrogen-bond donors (Lipinski definition) is 1. The molecule has 0 fully saturated rings. The first-order valence-electron chi connectivity index (χ1n) is 5.67. The van der Waals surface area contributed by atoms with Gasteiger partial charge < -0.3 is 9.84 Å². The molecule has 1 N–H and O–H groups in total. The van der Waals surface area contributed by atoms with Crippen LogP contribution in [-0.4, -0.2) is 29.1 Å². The van der Waals surface area contributed by atoms with E-state index in [1.54, 1.807) is 12.1 Å². The third-order valence-corrected chi connectivity index (χ3v) is 2.96. The highest BCUT2D eigenvalue weighted by Gasteiger charge is 2.17. The third-order valence-electron chi connectivity index (χ3n) is 2.40. The summed E-state index contributed by atoms with van der Waals surface area (Å²) in [5.41, 5.74) is 1.57. The van der Waals surface area contributed by atoms with Crippen LogP contribution in [0, 0.1) is 0 Å². The highest BCUT2D eigenvalue weighted by Crippen LogP contribution is 2.09. The molecule has 0 aliphatic carbocycles. The lowest BCUT2D eigenvalue weighted by Gasteiger charge is -2.11. The molecule has 94 valence electrons. The van der Waals surface area contributed by atoms with Crippen molar-refractivity contribution in [2.24, 2.45) is 0 Å². The van der Waals surface area contributed by atoms with Gasteiger partial charge in [-0.1, -0.05) is 41.1 Å². The van der Waals surface area contributed by atoms with Gasteiger partial charge in [0.25, 0.3) is 0 Å². The van der Waals surface area contributed by atoms with Gasteiger partial charge in [0, 0.05) is 10.9 Å². The van der Waals surface area contributed by atoms with Crippen LogP contribution in [0.2, 0.25) is 0 Å². The first-order chi connectivity index (χ1) is 8.19. The quantitative estimate of drug-likeness (QED) is 0.364. The maximum atomic E-state index is 11.8. The molecule has 1 unspecified atom stereocenters. The Bertz CT molecular complexity index is 365. The maximum absolute atomic E-state index is 11.8. The van der Waals surface area contributed by atoms with Crippen molar-refractivity contribution in [3.05, 3.63) is 35.4 Å². The van der Waals surface area contributed by atoms with E-state index in [4.69, 9.17) is 4.74 Å². The second-order valence-electron chi connectivity index (χ2n) is 3.68. The minimum atomic E-state index is -1.36. The Kier molecular flexibility index (Phi) is 6.40. The van der Waals surface area contributed by atoms with E-state index in [1.807, 2.05) is 19.1 Å². The molecule has 0 saturated heterocycles. The standard InChI is InChI=1S/C13H17BrO3/c1-2-10-5-3-6-11(9-10)12(15)13(16)17-8-4-7-14/h3,5-6,9,13,16H,2,4,7-8H2,1H3. The Morgan fingerprint density at radius 3 is 2.94 bits per heavy atom. The highest BCUT2D eigenvalue weighted by molar-refractivity contribution is 9.09. The number of benzene rings is 1. The van der Waals surface area contributed by atoms with Crippen molar-refractivity contribution in [3.63, 3.8) is 0 Å². The largest absolute Gasteiger partial charge is 0.362 e. The van der Waals surface area contributed by atoms with Gasteiger partial charge in [-0.25, -0.2) is 0 Å². The number of alkyl halides is 1. The fourth-order valence-corrected chi connectivity index (χ4v) is 1.64. The summed E-state index contributed by atoms with van der Waals surface area (Å²) in [6.07, 6.45) is 0.266. The number of carbonyl (C=O) groups is 1. The number of carbonyl (C=O) groups excluding carboxylic acids is 1. The molecule has 3 nitrogen and oxygen atoms in total. The number of hydrogen-bond acceptors (Lipinski definition) is 3. The van der Waals surface area contributed by atoms with E-state index < -0.39 is 6.29 Å². The molecule has 0 amide bonds. The Labute approximate surface area is 110 Å². The third kappa shape index (κ3) is 4.58. The molecule has 0 bridgehead atoms. The van der Waals surface area contributed by atoms with Crippen LogP contribution in [-0.2, 0) is 11.2 Å². The molecule has 0 radical (unpaired) electrons. The number of aliphatic hydroxyl groups excluding tert-OH is 1. The van der Waals surface area contributed by atoms with Crippen LogP contribution in [0.5, 0.6) is 0 Å². The van der Waals surface area contributed by atoms with E-state index in [1.165, 1.54) is 0 Å². The zero-order valence-corrected chi connectivity index (χ0v) is 11.4. The number of aryl methyl sites for hydroxylation is 1. The molecule has 1 aromatic carbocycles. The van der Waals surface area contributed by atoms with Gasteiger partial charge in [0.05, 0.1) is 6.61 Å². The second-order valence-corrected chi connectivity index (χ2v) is 4.48. The van der Waals surface area contributed by atoms with Crippen molar-refractivity contribution in [2.75, 3.05) is 11.9 Å². The van der Waals surface area contributed by atoms with E-state index in [0.29, 0.717) is 12.2 Å². The summed E-state index contributed by atoms with van der Waals surface area (Å²) in [5, 5.41) is 10.4. The SMILES string of the molecule is CCc1cccc(C(=O)C(O)OCCCBr)c1. The fraction of sp³-hybridized carbons (Fsp3) is 0.462. The number of ether oxygens (including phenoxy) is 1. The average molecular weight is 301 g/mol. The predicted molar refractivity (Wildman–Crippen MR) is 70.5 cm³/mol. The Balaban J connectivity index is 2.61. The van der Waals surface area contributed by atoms with Crippen molar-refractivity contribution >= 4 is 21.7 Å². The lowest BCUT2D eigenvalue weighted by Crippen LogP contribution is -2.24. The molecule has 1 aromatic rings. The van der Waals surface area contributed by atoms with Gasteiger partial charge >= 0.3 is 0 Å². The summed E-state index contributed by atoms with van der Waals surface area (Å²) in [7, 11) is 0. The number of Topliss-reactive ketones (excluding diaryl/α,β-unsaturated/α-hetero) is 1. The average Bonchev–Trinajstić information content (AvgIpc) is 2.38. The summed E-state index contributed by atoms with van der Waals surface area (Å²) in [6, 6.07) is 7.25. The first kappa shape index (κ1) is 14.4. The highest BCUT2D eigenvalue weighted by atomic mass is 79.9. The molecule has 0 aliphatic rings. The van der Waals surface area contributed by atoms with Crippen molar-refractivity contribution in [3.8, 4) is 0 Å². The summed E-state index contributed by atoms with van der Waals surface area (Å²) < 4.78 is 5.05. The number of rotatable bonds is 7. The van der Waals surface area contributed by atoms with E-state index in [0.717, 1.165) is 23.7 Å². The molecular formula is C13H17BrO3. The molecule has 0 aromatic heterocycles. The van der Waals surface area contributed by atoms with Crippen LogP contribution in [0.15, 0.2) is 24.3 Å². The van der Waals surface area contributed by atoms with E-state index in [-0.39, 0.29) is 5.78 Å². The Morgan fingerprint density at radius 1 is 1.53 bits per heavy atom. The minimum Gasteiger partial charge on any atom is -0.362 e. The van der Waals surface area contributed by atoms with Crippen molar-refractivity contribution < 1.29 is 14.6 Å². The lowest BCUT2D eigenvalue weighted by molar-refractivity contribution is -0.0714. The lowest BCUT2D eigenvalue weighted by atomic mass is 10.1. The number of halogens is 1. The molecule has 17 heavy (non-hydrogen) atoms. The number of ketones is 1. The zero-order chi connectivity index (χ0) is 12.7. The maximum Gasteiger partial charge on any atom is 0.220 e. The topological polar surface area (TPSA) is 46.5 Å². The zero-order valence-electron chi connectivity index (χ0n) is 9.86. The van der Waals surface area contributed by atoms with Crippen molar-refractivity contribution in [1.82, 2.24) is 0 Å². The van der Waals surface area contributed by atoms with Crippen molar-refractivity contribution in [2.45, 2.75) is 26.1 Å². The fourth-order valence-electron chi connectivity index (χ4n) is 1.41. The van der Waals surface area contributed by atoms with Gasteiger partial charge in [0.15, 0.2) is 0 Å². The summed E-state index contributed by atoms with van der Waals surface area (Å²) >= 11 is 3.25. The normalized spacial score (nSPS) is 12.4. The van der Waals surface area contributed by atoms with E-state index in [2.05, 4.69) is 15.9 Å². The molecule has 4 heteroatoms. The van der Waals surface area contributed by atoms with Gasteiger partial charge in [-0.2, -0.15) is 0 Å². The molecule has 0 heterocycles. The van der Waals surface area contributed by atoms with Gasteiger partial charge in [0.2, 0.25) is 12.1 Å². The Morgan fingerprint density at radius 2 is 2.29 bits per heavy atom. The van der Waals surface area contributed by atoms with E-state index >= 15 is 0 Å². The first-order valence-corrected chi connectivity index (χ1v) is 6.80. The smallest absolute Gasteiger partial charge is 0.220 e. The van der Waals surface area contributed by atoms with Crippen LogP contribution >= 0.6 is 15.9 Å². The minimum absolute atomic E-state index is 0.367. The summed E-state index contributed by atoms with van der Waals surface area (Å²) in [5.74, 6) is -0.380. The number of aliphatic hydroxyl groups is 1. The van der Waals surface area contributed by atoms with Crippen LogP contribution in [0.3, 0.4) is 0 Å². The van der Waals surface area contributed by atoms with Crippen LogP contribution in [0.4, 0.5) is 0 Å². The van der Waals surface area contributed by atoms with Gasteiger partial charge in [-0.05, 0) is 24.5 Å². The summed E-state index contributed by atoms with van der Waals surface area (Å²) in [4.78, 5) is 11.8. The molecule has 1 rings (SSSR count). The van der Waals surface area contributed by atoms with Crippen molar-refractivity contribution in [1.29, 1.82) is 0 Å². The summed E-state index contributed by atoms with van der Waals surface area (Å²) in [6.45, 7) is 2.39. The van der Waals surface area contributed by atoms with Gasteiger partial charge in [-0.3, -0.25) is 4.79 Å². The van der Waals surface area contributed by atoms with Gasteiger partial charge in [-0.15, -0.1) is 0 Å².